The van der Waals surface area contributed by atoms with Crippen LogP contribution in [0.5, 0.6) is 0 Å². The average molecular weight is 258 g/mol. The molecule has 0 amide bonds. The van der Waals surface area contributed by atoms with Gasteiger partial charge in [0.25, 0.3) is 0 Å². The summed E-state index contributed by atoms with van der Waals surface area (Å²) in [6.07, 6.45) is -2.00. The minimum atomic E-state index is -0.885. The molecule has 0 aromatic heterocycles. The molecule has 0 bridgehead atoms. The van der Waals surface area contributed by atoms with Gasteiger partial charge in [-0.1, -0.05) is 0 Å². The highest BCUT2D eigenvalue weighted by atomic mass is 16.8. The highest BCUT2D eigenvalue weighted by Gasteiger charge is 2.54. The van der Waals surface area contributed by atoms with Crippen LogP contribution in [0.1, 0.15) is 27.7 Å². The molecular weight excluding hydrogens is 240 g/mol. The fraction of sp³-hybridized carbons (Fsp3) is 0.833. The Morgan fingerprint density at radius 1 is 1.11 bits per heavy atom. The Morgan fingerprint density at radius 2 is 1.83 bits per heavy atom. The van der Waals surface area contributed by atoms with Crippen molar-refractivity contribution >= 4 is 0 Å². The third-order valence-corrected chi connectivity index (χ3v) is 3.11. The lowest BCUT2D eigenvalue weighted by Crippen LogP contribution is -2.29. The number of fused-ring (bicyclic) bond motifs is 1. The van der Waals surface area contributed by atoms with Gasteiger partial charge in [-0.15, -0.1) is 0 Å². The van der Waals surface area contributed by atoms with Crippen molar-refractivity contribution in [2.24, 2.45) is 0 Å². The normalized spacial score (nSPS) is 44.6. The molecule has 102 valence electrons. The first-order valence-electron chi connectivity index (χ1n) is 6.04. The Kier molecular flexibility index (Phi) is 2.45. The van der Waals surface area contributed by atoms with Crippen molar-refractivity contribution in [2.45, 2.75) is 57.8 Å². The van der Waals surface area contributed by atoms with Gasteiger partial charge in [0.05, 0.1) is 0 Å². The van der Waals surface area contributed by atoms with Gasteiger partial charge >= 0.3 is 0 Å². The first-order valence-corrected chi connectivity index (χ1v) is 6.04. The van der Waals surface area contributed by atoms with E-state index >= 15 is 0 Å². The summed E-state index contributed by atoms with van der Waals surface area (Å²) in [5.41, 5.74) is 0. The summed E-state index contributed by atoms with van der Waals surface area (Å²) < 4.78 is 27.7. The number of hydrogen-bond donors (Lipinski definition) is 1. The van der Waals surface area contributed by atoms with Crippen molar-refractivity contribution in [3.05, 3.63) is 11.5 Å². The number of aliphatic hydroxyl groups excluding tert-OH is 1. The Balaban J connectivity index is 1.81. The summed E-state index contributed by atoms with van der Waals surface area (Å²) in [6, 6.07) is 0. The highest BCUT2D eigenvalue weighted by Crippen LogP contribution is 2.41. The first kappa shape index (κ1) is 12.2. The second-order valence-electron chi connectivity index (χ2n) is 5.61. The third-order valence-electron chi connectivity index (χ3n) is 3.11. The topological polar surface area (TPSA) is 66.4 Å². The Labute approximate surface area is 105 Å². The van der Waals surface area contributed by atoms with E-state index in [1.54, 1.807) is 27.7 Å². The van der Waals surface area contributed by atoms with Gasteiger partial charge in [-0.2, -0.15) is 0 Å². The maximum atomic E-state index is 10.2. The van der Waals surface area contributed by atoms with E-state index in [9.17, 15) is 5.11 Å². The number of hydrogen-bond acceptors (Lipinski definition) is 6. The molecule has 6 heteroatoms. The van der Waals surface area contributed by atoms with E-state index in [2.05, 4.69) is 0 Å². The Morgan fingerprint density at radius 3 is 2.39 bits per heavy atom. The standard InChI is InChI=1S/C12H18O6/c1-11(2)14-5-6(16-11)8-7(13)9-10(15-8)18-12(3,4)17-9/h7,9-10,13H,5H2,1-4H3/b8-6+/t7-,9-,10-/m1/s1. The van der Waals surface area contributed by atoms with Gasteiger partial charge < -0.3 is 28.8 Å². The summed E-state index contributed by atoms with van der Waals surface area (Å²) in [5, 5.41) is 10.2. The lowest BCUT2D eigenvalue weighted by Gasteiger charge is -2.20. The smallest absolute Gasteiger partial charge is 0.231 e. The van der Waals surface area contributed by atoms with Crippen LogP contribution >= 0.6 is 0 Å². The molecule has 18 heavy (non-hydrogen) atoms. The number of ether oxygens (including phenoxy) is 5. The fourth-order valence-corrected chi connectivity index (χ4v) is 2.35. The van der Waals surface area contributed by atoms with Crippen molar-refractivity contribution < 1.29 is 28.8 Å². The zero-order valence-corrected chi connectivity index (χ0v) is 10.9. The molecule has 0 unspecified atom stereocenters. The monoisotopic (exact) mass is 258 g/mol. The van der Waals surface area contributed by atoms with Crippen LogP contribution < -0.4 is 0 Å². The molecule has 3 atom stereocenters. The van der Waals surface area contributed by atoms with Crippen molar-refractivity contribution in [1.82, 2.24) is 0 Å². The summed E-state index contributed by atoms with van der Waals surface area (Å²) in [4.78, 5) is 0. The van der Waals surface area contributed by atoms with Crippen molar-refractivity contribution in [2.75, 3.05) is 6.61 Å². The molecule has 3 saturated heterocycles. The largest absolute Gasteiger partial charge is 0.461 e. The van der Waals surface area contributed by atoms with Gasteiger partial charge in [0.1, 0.15) is 12.7 Å². The van der Waals surface area contributed by atoms with Crippen LogP contribution in [0.3, 0.4) is 0 Å². The van der Waals surface area contributed by atoms with Crippen LogP contribution in [0.4, 0.5) is 0 Å². The van der Waals surface area contributed by atoms with Crippen molar-refractivity contribution in [3.8, 4) is 0 Å². The SMILES string of the molecule is CC1(C)OC/C(=C2\O[C@@H]3OC(C)(C)O[C@@H]3[C@@H]2O)O1. The summed E-state index contributed by atoms with van der Waals surface area (Å²) in [5.74, 6) is -0.568. The van der Waals surface area contributed by atoms with E-state index in [1.165, 1.54) is 0 Å². The van der Waals surface area contributed by atoms with Crippen LogP contribution in [0.2, 0.25) is 0 Å². The van der Waals surface area contributed by atoms with E-state index in [-0.39, 0.29) is 6.61 Å². The van der Waals surface area contributed by atoms with Gasteiger partial charge in [0, 0.05) is 13.8 Å². The molecule has 3 aliphatic rings. The molecule has 0 saturated carbocycles. The second-order valence-corrected chi connectivity index (χ2v) is 5.61. The molecule has 0 aromatic carbocycles. The van der Waals surface area contributed by atoms with Crippen LogP contribution in [0.15, 0.2) is 11.5 Å². The average Bonchev–Trinajstić information content (AvgIpc) is 2.81. The molecule has 1 N–H and O–H groups in total. The quantitative estimate of drug-likeness (QED) is 0.695. The van der Waals surface area contributed by atoms with E-state index in [0.29, 0.717) is 11.5 Å². The Hall–Kier alpha value is -0.820. The van der Waals surface area contributed by atoms with E-state index in [4.69, 9.17) is 23.7 Å². The molecular formula is C12H18O6. The maximum Gasteiger partial charge on any atom is 0.231 e. The maximum absolute atomic E-state index is 10.2. The van der Waals surface area contributed by atoms with Crippen LogP contribution in [-0.2, 0) is 23.7 Å². The van der Waals surface area contributed by atoms with Gasteiger partial charge in [-0.05, 0) is 13.8 Å². The van der Waals surface area contributed by atoms with Crippen LogP contribution in [0, 0.1) is 0 Å². The summed E-state index contributed by atoms with van der Waals surface area (Å²) in [6.45, 7) is 7.46. The minimum absolute atomic E-state index is 0.280. The van der Waals surface area contributed by atoms with E-state index < -0.39 is 30.1 Å². The molecule has 0 aromatic rings. The molecule has 0 spiro atoms. The fourth-order valence-electron chi connectivity index (χ4n) is 2.35. The Bertz CT molecular complexity index is 399. The molecule has 3 aliphatic heterocycles. The molecule has 6 nitrogen and oxygen atoms in total. The van der Waals surface area contributed by atoms with Gasteiger partial charge in [-0.25, -0.2) is 0 Å². The molecule has 3 rings (SSSR count). The van der Waals surface area contributed by atoms with Crippen molar-refractivity contribution in [1.29, 1.82) is 0 Å². The molecule has 3 heterocycles. The molecule has 0 aliphatic carbocycles. The highest BCUT2D eigenvalue weighted by molar-refractivity contribution is 5.17. The zero-order valence-electron chi connectivity index (χ0n) is 10.9. The van der Waals surface area contributed by atoms with Crippen LogP contribution in [0.25, 0.3) is 0 Å². The predicted octanol–water partition coefficient (Wildman–Crippen LogP) is 0.850. The first-order chi connectivity index (χ1) is 8.27. The lowest BCUT2D eigenvalue weighted by molar-refractivity contribution is -0.190. The van der Waals surface area contributed by atoms with Crippen molar-refractivity contribution in [3.63, 3.8) is 0 Å². The van der Waals surface area contributed by atoms with E-state index in [0.717, 1.165) is 0 Å². The van der Waals surface area contributed by atoms with Crippen LogP contribution in [-0.4, -0.2) is 41.8 Å². The summed E-state index contributed by atoms with van der Waals surface area (Å²) in [7, 11) is 0. The van der Waals surface area contributed by atoms with Gasteiger partial charge in [0.2, 0.25) is 12.1 Å². The molecule has 3 fully saturated rings. The zero-order chi connectivity index (χ0) is 13.1. The second kappa shape index (κ2) is 3.60. The minimum Gasteiger partial charge on any atom is -0.461 e. The summed E-state index contributed by atoms with van der Waals surface area (Å²) >= 11 is 0. The lowest BCUT2D eigenvalue weighted by atomic mass is 10.2. The molecule has 0 radical (unpaired) electrons. The third kappa shape index (κ3) is 1.89. The van der Waals surface area contributed by atoms with Gasteiger partial charge in [0.15, 0.2) is 23.4 Å². The number of aliphatic hydroxyl groups is 1. The number of rotatable bonds is 0. The van der Waals surface area contributed by atoms with E-state index in [1.807, 2.05) is 0 Å². The predicted molar refractivity (Wildman–Crippen MR) is 59.1 cm³/mol. The van der Waals surface area contributed by atoms with Gasteiger partial charge in [-0.3, -0.25) is 0 Å².